The molecule has 0 unspecified atom stereocenters. The minimum Gasteiger partial charge on any atom is -0.366 e. The molecule has 2 nitrogen and oxygen atoms in total. The highest BCUT2D eigenvalue weighted by molar-refractivity contribution is 6.30. The lowest BCUT2D eigenvalue weighted by atomic mass is 10.00. The third kappa shape index (κ3) is 2.60. The van der Waals surface area contributed by atoms with Crippen LogP contribution in [0, 0.1) is 0 Å². The van der Waals surface area contributed by atoms with E-state index in [2.05, 4.69) is 6.58 Å². The van der Waals surface area contributed by atoms with Gasteiger partial charge in [-0.2, -0.15) is 0 Å². The van der Waals surface area contributed by atoms with E-state index in [-0.39, 0.29) is 0 Å². The second-order valence-corrected chi connectivity index (χ2v) is 4.37. The molecule has 0 aliphatic carbocycles. The number of rotatable bonds is 3. The number of primary amides is 1. The van der Waals surface area contributed by atoms with E-state index in [0.717, 1.165) is 16.7 Å². The standard InChI is InChI=1S/C15H12ClNO/c1-10(15(17)18)12-3-2-4-13(9-12)11-5-7-14(16)8-6-11/h2-9H,1H2,(H2,17,18). The Bertz CT molecular complexity index is 602. The van der Waals surface area contributed by atoms with E-state index in [1.807, 2.05) is 48.5 Å². The molecule has 2 aromatic rings. The molecular weight excluding hydrogens is 246 g/mol. The van der Waals surface area contributed by atoms with E-state index in [4.69, 9.17) is 17.3 Å². The van der Waals surface area contributed by atoms with Gasteiger partial charge in [0.2, 0.25) is 5.91 Å². The van der Waals surface area contributed by atoms with E-state index in [1.54, 1.807) is 0 Å². The van der Waals surface area contributed by atoms with E-state index in [1.165, 1.54) is 0 Å². The molecule has 0 bridgehead atoms. The summed E-state index contributed by atoms with van der Waals surface area (Å²) in [6.45, 7) is 3.68. The van der Waals surface area contributed by atoms with Gasteiger partial charge in [-0.05, 0) is 34.9 Å². The number of hydrogen-bond donors (Lipinski definition) is 1. The molecule has 2 N–H and O–H groups in total. The lowest BCUT2D eigenvalue weighted by molar-refractivity contribution is -0.112. The Morgan fingerprint density at radius 1 is 1.06 bits per heavy atom. The maximum Gasteiger partial charge on any atom is 0.248 e. The smallest absolute Gasteiger partial charge is 0.248 e. The van der Waals surface area contributed by atoms with E-state index in [9.17, 15) is 4.79 Å². The quantitative estimate of drug-likeness (QED) is 0.840. The first-order chi connectivity index (χ1) is 8.58. The Morgan fingerprint density at radius 2 is 1.72 bits per heavy atom. The summed E-state index contributed by atoms with van der Waals surface area (Å²) in [5.74, 6) is -0.511. The van der Waals surface area contributed by atoms with Gasteiger partial charge in [-0.15, -0.1) is 0 Å². The Morgan fingerprint density at radius 3 is 2.33 bits per heavy atom. The van der Waals surface area contributed by atoms with Crippen LogP contribution in [0.5, 0.6) is 0 Å². The van der Waals surface area contributed by atoms with Crippen molar-refractivity contribution in [3.05, 3.63) is 65.7 Å². The van der Waals surface area contributed by atoms with Crippen molar-refractivity contribution in [2.45, 2.75) is 0 Å². The van der Waals surface area contributed by atoms with E-state index < -0.39 is 5.91 Å². The maximum atomic E-state index is 11.1. The summed E-state index contributed by atoms with van der Waals surface area (Å²) in [6, 6.07) is 15.0. The molecule has 0 saturated heterocycles. The zero-order valence-corrected chi connectivity index (χ0v) is 10.4. The Kier molecular flexibility index (Phi) is 3.49. The van der Waals surface area contributed by atoms with Gasteiger partial charge in [0.25, 0.3) is 0 Å². The molecule has 0 heterocycles. The number of amides is 1. The summed E-state index contributed by atoms with van der Waals surface area (Å²) in [5, 5.41) is 0.691. The number of nitrogens with two attached hydrogens (primary N) is 1. The second-order valence-electron chi connectivity index (χ2n) is 3.93. The zero-order valence-electron chi connectivity index (χ0n) is 9.69. The second kappa shape index (κ2) is 5.07. The molecule has 0 saturated carbocycles. The zero-order chi connectivity index (χ0) is 13.1. The molecule has 0 fully saturated rings. The van der Waals surface area contributed by atoms with Crippen LogP contribution in [0.15, 0.2) is 55.1 Å². The van der Waals surface area contributed by atoms with Gasteiger partial charge in [-0.1, -0.05) is 48.5 Å². The summed E-state index contributed by atoms with van der Waals surface area (Å²) in [5.41, 5.74) is 8.28. The molecule has 18 heavy (non-hydrogen) atoms. The van der Waals surface area contributed by atoms with Gasteiger partial charge >= 0.3 is 0 Å². The molecule has 0 spiro atoms. The summed E-state index contributed by atoms with van der Waals surface area (Å²) < 4.78 is 0. The first kappa shape index (κ1) is 12.4. The molecule has 0 aromatic heterocycles. The fraction of sp³-hybridized carbons (Fsp3) is 0. The lowest BCUT2D eigenvalue weighted by Gasteiger charge is -2.06. The van der Waals surface area contributed by atoms with Crippen LogP contribution in [-0.2, 0) is 4.79 Å². The number of halogens is 1. The predicted molar refractivity (Wildman–Crippen MR) is 75.1 cm³/mol. The Balaban J connectivity index is 2.41. The highest BCUT2D eigenvalue weighted by atomic mass is 35.5. The van der Waals surface area contributed by atoms with Gasteiger partial charge < -0.3 is 5.73 Å². The summed E-state index contributed by atoms with van der Waals surface area (Å²) in [4.78, 5) is 11.1. The van der Waals surface area contributed by atoms with E-state index in [0.29, 0.717) is 10.6 Å². The number of hydrogen-bond acceptors (Lipinski definition) is 1. The van der Waals surface area contributed by atoms with Crippen LogP contribution < -0.4 is 5.73 Å². The minimum atomic E-state index is -0.511. The van der Waals surface area contributed by atoms with Crippen molar-refractivity contribution >= 4 is 23.1 Å². The monoisotopic (exact) mass is 257 g/mol. The van der Waals surface area contributed by atoms with Crippen LogP contribution in [0.4, 0.5) is 0 Å². The van der Waals surface area contributed by atoms with Crippen LogP contribution in [0.3, 0.4) is 0 Å². The van der Waals surface area contributed by atoms with Gasteiger partial charge in [0, 0.05) is 10.6 Å². The third-order valence-electron chi connectivity index (χ3n) is 2.69. The molecule has 0 atom stereocenters. The highest BCUT2D eigenvalue weighted by Gasteiger charge is 2.06. The topological polar surface area (TPSA) is 43.1 Å². The van der Waals surface area contributed by atoms with E-state index >= 15 is 0 Å². The average Bonchev–Trinajstić information content (AvgIpc) is 2.38. The Labute approximate surface area is 111 Å². The van der Waals surface area contributed by atoms with Crippen molar-refractivity contribution in [3.8, 4) is 11.1 Å². The van der Waals surface area contributed by atoms with Gasteiger partial charge in [0.1, 0.15) is 0 Å². The third-order valence-corrected chi connectivity index (χ3v) is 2.94. The highest BCUT2D eigenvalue weighted by Crippen LogP contribution is 2.24. The van der Waals surface area contributed by atoms with Crippen LogP contribution in [0.25, 0.3) is 16.7 Å². The average molecular weight is 258 g/mol. The molecule has 1 amide bonds. The molecule has 90 valence electrons. The van der Waals surface area contributed by atoms with Gasteiger partial charge in [0.15, 0.2) is 0 Å². The van der Waals surface area contributed by atoms with Crippen LogP contribution in [0.2, 0.25) is 5.02 Å². The lowest BCUT2D eigenvalue weighted by Crippen LogP contribution is -2.11. The fourth-order valence-electron chi connectivity index (χ4n) is 1.67. The van der Waals surface area contributed by atoms with Crippen LogP contribution >= 0.6 is 11.6 Å². The largest absolute Gasteiger partial charge is 0.366 e. The van der Waals surface area contributed by atoms with Crippen LogP contribution in [-0.4, -0.2) is 5.91 Å². The molecule has 2 aromatic carbocycles. The first-order valence-electron chi connectivity index (χ1n) is 5.43. The molecule has 3 heteroatoms. The van der Waals surface area contributed by atoms with Crippen LogP contribution in [0.1, 0.15) is 5.56 Å². The molecule has 0 radical (unpaired) electrons. The van der Waals surface area contributed by atoms with Crippen molar-refractivity contribution in [2.75, 3.05) is 0 Å². The molecule has 0 aliphatic rings. The van der Waals surface area contributed by atoms with Crippen molar-refractivity contribution in [1.82, 2.24) is 0 Å². The van der Waals surface area contributed by atoms with Gasteiger partial charge in [-0.25, -0.2) is 0 Å². The normalized spacial score (nSPS) is 10.1. The van der Waals surface area contributed by atoms with Crippen molar-refractivity contribution in [1.29, 1.82) is 0 Å². The summed E-state index contributed by atoms with van der Waals surface area (Å²) >= 11 is 5.85. The van der Waals surface area contributed by atoms with Crippen molar-refractivity contribution in [3.63, 3.8) is 0 Å². The van der Waals surface area contributed by atoms with Crippen molar-refractivity contribution in [2.24, 2.45) is 5.73 Å². The summed E-state index contributed by atoms with van der Waals surface area (Å²) in [7, 11) is 0. The van der Waals surface area contributed by atoms with Gasteiger partial charge in [-0.3, -0.25) is 4.79 Å². The predicted octanol–water partition coefficient (Wildman–Crippen LogP) is 3.51. The summed E-state index contributed by atoms with van der Waals surface area (Å²) in [6.07, 6.45) is 0. The van der Waals surface area contributed by atoms with Gasteiger partial charge in [0.05, 0.1) is 0 Å². The number of carbonyl (C=O) groups is 1. The molecule has 0 aliphatic heterocycles. The fourth-order valence-corrected chi connectivity index (χ4v) is 1.80. The molecular formula is C15H12ClNO. The molecule has 2 rings (SSSR count). The SMILES string of the molecule is C=C(C(N)=O)c1cccc(-c2ccc(Cl)cc2)c1. The number of benzene rings is 2. The first-order valence-corrected chi connectivity index (χ1v) is 5.81. The number of carbonyl (C=O) groups excluding carboxylic acids is 1. The minimum absolute atomic E-state index is 0.311. The van der Waals surface area contributed by atoms with Crippen molar-refractivity contribution < 1.29 is 4.79 Å². The maximum absolute atomic E-state index is 11.1. The Hall–Kier alpha value is -2.06.